The number of aromatic nitrogens is 1. The van der Waals surface area contributed by atoms with Crippen LogP contribution in [0.4, 0.5) is 26.3 Å². The monoisotopic (exact) mass is 261 g/mol. The average molecular weight is 261 g/mol. The average Bonchev–Trinajstić information content (AvgIpc) is 2.13. The molecule has 3 nitrogen and oxygen atoms in total. The molecule has 0 spiro atoms. The fourth-order valence-corrected chi connectivity index (χ4v) is 1.06. The van der Waals surface area contributed by atoms with Crippen LogP contribution >= 0.6 is 0 Å². The lowest BCUT2D eigenvalue weighted by molar-refractivity contribution is -0.276. The standard InChI is InChI=1S/C8H5F6NO2/c9-6(10)3-1-5(17-8(12,13)14)15-7(11)4(3)2-16/h1,6,16H,2H2. The number of aliphatic hydroxyl groups is 1. The number of pyridine rings is 1. The highest BCUT2D eigenvalue weighted by atomic mass is 19.4. The van der Waals surface area contributed by atoms with E-state index in [1.54, 1.807) is 0 Å². The summed E-state index contributed by atoms with van der Waals surface area (Å²) in [6, 6.07) is 0.229. The molecule has 0 fully saturated rings. The lowest BCUT2D eigenvalue weighted by Crippen LogP contribution is -2.19. The molecule has 0 atom stereocenters. The zero-order valence-electron chi connectivity index (χ0n) is 7.93. The van der Waals surface area contributed by atoms with Crippen molar-refractivity contribution in [3.05, 3.63) is 23.1 Å². The van der Waals surface area contributed by atoms with E-state index in [2.05, 4.69) is 9.72 Å². The maximum Gasteiger partial charge on any atom is 0.574 e. The fourth-order valence-electron chi connectivity index (χ4n) is 1.06. The molecule has 1 N–H and O–H groups in total. The van der Waals surface area contributed by atoms with Gasteiger partial charge in [-0.1, -0.05) is 0 Å². The van der Waals surface area contributed by atoms with E-state index in [9.17, 15) is 26.3 Å². The Balaban J connectivity index is 3.20. The van der Waals surface area contributed by atoms with Gasteiger partial charge in [-0.25, -0.2) is 8.78 Å². The highest BCUT2D eigenvalue weighted by molar-refractivity contribution is 5.31. The van der Waals surface area contributed by atoms with E-state index in [0.29, 0.717) is 0 Å². The maximum absolute atomic E-state index is 13.0. The van der Waals surface area contributed by atoms with Gasteiger partial charge in [0, 0.05) is 17.2 Å². The molecule has 0 aromatic carbocycles. The van der Waals surface area contributed by atoms with Gasteiger partial charge in [-0.15, -0.1) is 13.2 Å². The van der Waals surface area contributed by atoms with Gasteiger partial charge < -0.3 is 9.84 Å². The van der Waals surface area contributed by atoms with Gasteiger partial charge in [0.15, 0.2) is 0 Å². The summed E-state index contributed by atoms with van der Waals surface area (Å²) in [6.07, 6.45) is -8.43. The van der Waals surface area contributed by atoms with Crippen LogP contribution in [0.1, 0.15) is 17.6 Å². The zero-order valence-corrected chi connectivity index (χ0v) is 7.93. The molecule has 0 unspecified atom stereocenters. The van der Waals surface area contributed by atoms with Crippen LogP contribution in [0, 0.1) is 5.95 Å². The highest BCUT2D eigenvalue weighted by Gasteiger charge is 2.33. The summed E-state index contributed by atoms with van der Waals surface area (Å²) >= 11 is 0. The van der Waals surface area contributed by atoms with Crippen LogP contribution < -0.4 is 4.74 Å². The van der Waals surface area contributed by atoms with Gasteiger partial charge >= 0.3 is 6.36 Å². The number of hydrogen-bond donors (Lipinski definition) is 1. The van der Waals surface area contributed by atoms with E-state index in [0.717, 1.165) is 0 Å². The summed E-state index contributed by atoms with van der Waals surface area (Å²) in [6.45, 7) is -1.11. The van der Waals surface area contributed by atoms with Crippen molar-refractivity contribution in [1.82, 2.24) is 4.98 Å². The minimum absolute atomic E-state index is 0.229. The number of nitrogens with zero attached hydrogens (tertiary/aromatic N) is 1. The molecule has 0 saturated carbocycles. The summed E-state index contributed by atoms with van der Waals surface area (Å²) in [7, 11) is 0. The molecule has 1 rings (SSSR count). The van der Waals surface area contributed by atoms with Crippen molar-refractivity contribution in [2.24, 2.45) is 0 Å². The van der Waals surface area contributed by atoms with Crippen LogP contribution in [-0.4, -0.2) is 16.5 Å². The third-order valence-corrected chi connectivity index (χ3v) is 1.70. The van der Waals surface area contributed by atoms with Crippen LogP contribution in [0.5, 0.6) is 5.88 Å². The number of halogens is 6. The first kappa shape index (κ1) is 13.6. The minimum Gasteiger partial charge on any atom is -0.391 e. The molecule has 9 heteroatoms. The van der Waals surface area contributed by atoms with Crippen molar-refractivity contribution in [3.63, 3.8) is 0 Å². The van der Waals surface area contributed by atoms with Gasteiger partial charge in [0.2, 0.25) is 11.8 Å². The summed E-state index contributed by atoms with van der Waals surface area (Å²) in [5.74, 6) is -2.98. The second kappa shape index (κ2) is 4.78. The lowest BCUT2D eigenvalue weighted by Gasteiger charge is -2.12. The number of aliphatic hydroxyl groups excluding tert-OH is 1. The molecule has 17 heavy (non-hydrogen) atoms. The third kappa shape index (κ3) is 3.48. The van der Waals surface area contributed by atoms with E-state index >= 15 is 0 Å². The van der Waals surface area contributed by atoms with E-state index in [1.807, 2.05) is 0 Å². The Morgan fingerprint density at radius 3 is 2.35 bits per heavy atom. The van der Waals surface area contributed by atoms with Crippen LogP contribution in [0.15, 0.2) is 6.07 Å². The molecule has 0 bridgehead atoms. The normalized spacial score (nSPS) is 12.0. The molecular formula is C8H5F6NO2. The zero-order chi connectivity index (χ0) is 13.2. The summed E-state index contributed by atoms with van der Waals surface area (Å²) < 4.78 is 76.2. The Morgan fingerprint density at radius 1 is 1.35 bits per heavy atom. The quantitative estimate of drug-likeness (QED) is 0.671. The molecule has 0 aliphatic rings. The van der Waals surface area contributed by atoms with Crippen molar-refractivity contribution in [1.29, 1.82) is 0 Å². The molecule has 1 heterocycles. The van der Waals surface area contributed by atoms with E-state index in [1.165, 1.54) is 0 Å². The first-order valence-corrected chi connectivity index (χ1v) is 4.08. The minimum atomic E-state index is -5.17. The molecule has 96 valence electrons. The first-order valence-electron chi connectivity index (χ1n) is 4.08. The van der Waals surface area contributed by atoms with Crippen molar-refractivity contribution in [3.8, 4) is 5.88 Å². The number of alkyl halides is 5. The summed E-state index contributed by atoms with van der Waals surface area (Å²) in [5, 5.41) is 8.60. The number of rotatable bonds is 3. The van der Waals surface area contributed by atoms with Gasteiger partial charge in [-0.2, -0.15) is 9.37 Å². The second-order valence-electron chi connectivity index (χ2n) is 2.83. The molecular weight excluding hydrogens is 256 g/mol. The predicted molar refractivity (Wildman–Crippen MR) is 41.8 cm³/mol. The van der Waals surface area contributed by atoms with E-state index < -0.39 is 42.3 Å². The fraction of sp³-hybridized carbons (Fsp3) is 0.375. The first-order chi connectivity index (χ1) is 7.74. The van der Waals surface area contributed by atoms with Gasteiger partial charge in [-0.3, -0.25) is 0 Å². The van der Waals surface area contributed by atoms with Gasteiger partial charge in [0.1, 0.15) is 0 Å². The Hall–Kier alpha value is -1.51. The van der Waals surface area contributed by atoms with Gasteiger partial charge in [0.25, 0.3) is 6.43 Å². The Kier molecular flexibility index (Phi) is 3.81. The van der Waals surface area contributed by atoms with Crippen molar-refractivity contribution in [2.45, 2.75) is 19.4 Å². The molecule has 0 amide bonds. The van der Waals surface area contributed by atoms with Crippen molar-refractivity contribution < 1.29 is 36.2 Å². The molecule has 0 radical (unpaired) electrons. The Morgan fingerprint density at radius 2 is 1.94 bits per heavy atom. The number of hydrogen-bond acceptors (Lipinski definition) is 3. The lowest BCUT2D eigenvalue weighted by atomic mass is 10.1. The van der Waals surface area contributed by atoms with E-state index in [-0.39, 0.29) is 6.07 Å². The Labute approximate surface area is 90.6 Å². The van der Waals surface area contributed by atoms with Gasteiger partial charge in [0.05, 0.1) is 6.61 Å². The highest BCUT2D eigenvalue weighted by Crippen LogP contribution is 2.29. The number of ether oxygens (including phenoxy) is 1. The second-order valence-corrected chi connectivity index (χ2v) is 2.83. The van der Waals surface area contributed by atoms with Crippen LogP contribution in [0.2, 0.25) is 0 Å². The molecule has 0 aliphatic carbocycles. The molecule has 1 aromatic heterocycles. The smallest absolute Gasteiger partial charge is 0.391 e. The van der Waals surface area contributed by atoms with E-state index in [4.69, 9.17) is 5.11 Å². The maximum atomic E-state index is 13.0. The molecule has 1 aromatic rings. The summed E-state index contributed by atoms with van der Waals surface area (Å²) in [4.78, 5) is 2.67. The van der Waals surface area contributed by atoms with Crippen LogP contribution in [-0.2, 0) is 6.61 Å². The largest absolute Gasteiger partial charge is 0.574 e. The SMILES string of the molecule is OCc1c(C(F)F)cc(OC(F)(F)F)nc1F. The summed E-state index contributed by atoms with van der Waals surface area (Å²) in [5.41, 5.74) is -1.96. The topological polar surface area (TPSA) is 42.4 Å². The third-order valence-electron chi connectivity index (χ3n) is 1.70. The molecule has 0 aliphatic heterocycles. The molecule has 0 saturated heterocycles. The van der Waals surface area contributed by atoms with Crippen LogP contribution in [0.3, 0.4) is 0 Å². The Bertz CT molecular complexity index is 406. The van der Waals surface area contributed by atoms with Crippen molar-refractivity contribution in [2.75, 3.05) is 0 Å². The van der Waals surface area contributed by atoms with Crippen LogP contribution in [0.25, 0.3) is 0 Å². The van der Waals surface area contributed by atoms with Gasteiger partial charge in [-0.05, 0) is 0 Å². The van der Waals surface area contributed by atoms with Crippen molar-refractivity contribution >= 4 is 0 Å². The predicted octanol–water partition coefficient (Wildman–Crippen LogP) is 2.55.